The number of benzene rings is 1. The molecular formula is C15H22BrNO. The average Bonchev–Trinajstić information content (AvgIpc) is 2.29. The Morgan fingerprint density at radius 1 is 1.44 bits per heavy atom. The Morgan fingerprint density at radius 3 is 2.61 bits per heavy atom. The van der Waals surface area contributed by atoms with Gasteiger partial charge in [0, 0.05) is 17.6 Å². The number of aliphatic hydroxyl groups excluding tert-OH is 1. The molecule has 3 heteroatoms. The lowest BCUT2D eigenvalue weighted by atomic mass is 9.85. The fourth-order valence-electron chi connectivity index (χ4n) is 2.42. The quantitative estimate of drug-likeness (QED) is 0.884. The van der Waals surface area contributed by atoms with E-state index in [1.165, 1.54) is 24.9 Å². The van der Waals surface area contributed by atoms with E-state index in [9.17, 15) is 5.11 Å². The highest BCUT2D eigenvalue weighted by molar-refractivity contribution is 9.10. The molecule has 0 amide bonds. The number of nitrogens with zero attached hydrogens (tertiary/aromatic N) is 1. The summed E-state index contributed by atoms with van der Waals surface area (Å²) in [7, 11) is 0. The first-order chi connectivity index (χ1) is 8.61. The molecule has 1 aromatic carbocycles. The van der Waals surface area contributed by atoms with Crippen LogP contribution in [-0.2, 0) is 0 Å². The van der Waals surface area contributed by atoms with Gasteiger partial charge in [-0.3, -0.25) is 0 Å². The molecule has 18 heavy (non-hydrogen) atoms. The van der Waals surface area contributed by atoms with Crippen LogP contribution in [0.25, 0.3) is 0 Å². The van der Waals surface area contributed by atoms with Gasteiger partial charge in [-0.25, -0.2) is 0 Å². The predicted molar refractivity (Wildman–Crippen MR) is 80.0 cm³/mol. The Balaban J connectivity index is 2.14. The van der Waals surface area contributed by atoms with Crippen LogP contribution in [0.3, 0.4) is 0 Å². The van der Waals surface area contributed by atoms with E-state index in [2.05, 4.69) is 33.8 Å². The van der Waals surface area contributed by atoms with E-state index in [0.29, 0.717) is 0 Å². The highest BCUT2D eigenvalue weighted by atomic mass is 79.9. The SMILES string of the molecule is CCN(CC1CCC1)c1ccc(C(C)O)cc1Br. The standard InChI is InChI=1S/C15H22BrNO/c1-3-17(10-12-5-4-6-12)15-8-7-13(11(2)18)9-14(15)16/h7-9,11-12,18H,3-6,10H2,1-2H3. The molecule has 1 unspecified atom stereocenters. The number of anilines is 1. The second kappa shape index (κ2) is 6.07. The van der Waals surface area contributed by atoms with Crippen molar-refractivity contribution in [2.75, 3.05) is 18.0 Å². The molecule has 1 fully saturated rings. The molecule has 0 spiro atoms. The van der Waals surface area contributed by atoms with E-state index < -0.39 is 6.10 Å². The summed E-state index contributed by atoms with van der Waals surface area (Å²) in [6.45, 7) is 6.19. The van der Waals surface area contributed by atoms with Gasteiger partial charge in [0.1, 0.15) is 0 Å². The Labute approximate surface area is 118 Å². The summed E-state index contributed by atoms with van der Waals surface area (Å²) in [5, 5.41) is 9.59. The number of rotatable bonds is 5. The van der Waals surface area contributed by atoms with Crippen molar-refractivity contribution in [3.05, 3.63) is 28.2 Å². The fraction of sp³-hybridized carbons (Fsp3) is 0.600. The van der Waals surface area contributed by atoms with E-state index in [0.717, 1.165) is 29.0 Å². The van der Waals surface area contributed by atoms with Gasteiger partial charge >= 0.3 is 0 Å². The minimum absolute atomic E-state index is 0.406. The normalized spacial score (nSPS) is 17.3. The molecule has 0 bridgehead atoms. The van der Waals surface area contributed by atoms with E-state index in [1.54, 1.807) is 6.92 Å². The molecule has 1 aliphatic carbocycles. The summed E-state index contributed by atoms with van der Waals surface area (Å²) >= 11 is 3.63. The summed E-state index contributed by atoms with van der Waals surface area (Å²) in [6.07, 6.45) is 3.74. The molecule has 1 aliphatic rings. The molecule has 2 rings (SSSR count). The van der Waals surface area contributed by atoms with Gasteiger partial charge in [0.2, 0.25) is 0 Å². The lowest BCUT2D eigenvalue weighted by Crippen LogP contribution is -2.32. The maximum absolute atomic E-state index is 9.59. The van der Waals surface area contributed by atoms with Gasteiger partial charge in [-0.2, -0.15) is 0 Å². The lowest BCUT2D eigenvalue weighted by molar-refractivity contribution is 0.199. The highest BCUT2D eigenvalue weighted by Crippen LogP contribution is 2.33. The van der Waals surface area contributed by atoms with E-state index in [4.69, 9.17) is 0 Å². The summed E-state index contributed by atoms with van der Waals surface area (Å²) in [5.41, 5.74) is 2.21. The first-order valence-electron chi connectivity index (χ1n) is 6.84. The van der Waals surface area contributed by atoms with Gasteiger partial charge in [0.15, 0.2) is 0 Å². The van der Waals surface area contributed by atoms with Crippen molar-refractivity contribution in [1.29, 1.82) is 0 Å². The van der Waals surface area contributed by atoms with Crippen molar-refractivity contribution in [1.82, 2.24) is 0 Å². The van der Waals surface area contributed by atoms with Crippen LogP contribution in [0.1, 0.15) is 44.8 Å². The topological polar surface area (TPSA) is 23.5 Å². The fourth-order valence-corrected chi connectivity index (χ4v) is 3.07. The average molecular weight is 312 g/mol. The molecule has 1 aromatic rings. The smallest absolute Gasteiger partial charge is 0.0762 e. The largest absolute Gasteiger partial charge is 0.389 e. The summed E-state index contributed by atoms with van der Waals surface area (Å²) < 4.78 is 1.09. The second-order valence-electron chi connectivity index (χ2n) is 5.22. The van der Waals surface area contributed by atoms with Gasteiger partial charge in [0.05, 0.1) is 11.8 Å². The number of aliphatic hydroxyl groups is 1. The number of hydrogen-bond donors (Lipinski definition) is 1. The van der Waals surface area contributed by atoms with Gasteiger partial charge in [-0.15, -0.1) is 0 Å². The summed E-state index contributed by atoms with van der Waals surface area (Å²) in [6, 6.07) is 6.17. The zero-order chi connectivity index (χ0) is 13.1. The molecule has 1 atom stereocenters. The van der Waals surface area contributed by atoms with Crippen LogP contribution in [-0.4, -0.2) is 18.2 Å². The molecule has 100 valence electrons. The lowest BCUT2D eigenvalue weighted by Gasteiger charge is -2.33. The number of hydrogen-bond acceptors (Lipinski definition) is 2. The molecule has 1 saturated carbocycles. The van der Waals surface area contributed by atoms with Crippen LogP contribution in [0, 0.1) is 5.92 Å². The summed E-state index contributed by atoms with van der Waals surface area (Å²) in [5.74, 6) is 0.869. The molecular weight excluding hydrogens is 290 g/mol. The van der Waals surface area contributed by atoms with Gasteiger partial charge < -0.3 is 10.0 Å². The van der Waals surface area contributed by atoms with Crippen LogP contribution in [0.5, 0.6) is 0 Å². The Hall–Kier alpha value is -0.540. The van der Waals surface area contributed by atoms with E-state index in [1.807, 2.05) is 12.1 Å². The first-order valence-corrected chi connectivity index (χ1v) is 7.63. The Morgan fingerprint density at radius 2 is 2.17 bits per heavy atom. The minimum atomic E-state index is -0.406. The van der Waals surface area contributed by atoms with E-state index in [-0.39, 0.29) is 0 Å². The molecule has 0 heterocycles. The van der Waals surface area contributed by atoms with Crippen molar-refractivity contribution < 1.29 is 5.11 Å². The zero-order valence-corrected chi connectivity index (χ0v) is 12.8. The van der Waals surface area contributed by atoms with Crippen LogP contribution < -0.4 is 4.90 Å². The third kappa shape index (κ3) is 3.07. The van der Waals surface area contributed by atoms with Crippen molar-refractivity contribution in [3.8, 4) is 0 Å². The maximum Gasteiger partial charge on any atom is 0.0762 e. The zero-order valence-electron chi connectivity index (χ0n) is 11.2. The van der Waals surface area contributed by atoms with Crippen molar-refractivity contribution in [3.63, 3.8) is 0 Å². The van der Waals surface area contributed by atoms with Gasteiger partial charge in [-0.1, -0.05) is 12.5 Å². The molecule has 0 aliphatic heterocycles. The Kier molecular flexibility index (Phi) is 4.68. The van der Waals surface area contributed by atoms with Crippen LogP contribution in [0.2, 0.25) is 0 Å². The van der Waals surface area contributed by atoms with Crippen molar-refractivity contribution >= 4 is 21.6 Å². The maximum atomic E-state index is 9.59. The van der Waals surface area contributed by atoms with Gasteiger partial charge in [-0.05, 0) is 66.2 Å². The summed E-state index contributed by atoms with van der Waals surface area (Å²) in [4.78, 5) is 2.43. The molecule has 1 N–H and O–H groups in total. The molecule has 0 radical (unpaired) electrons. The molecule has 0 aromatic heterocycles. The van der Waals surface area contributed by atoms with Crippen molar-refractivity contribution in [2.45, 2.75) is 39.2 Å². The van der Waals surface area contributed by atoms with Crippen LogP contribution in [0.15, 0.2) is 22.7 Å². The van der Waals surface area contributed by atoms with Crippen molar-refractivity contribution in [2.24, 2.45) is 5.92 Å². The van der Waals surface area contributed by atoms with Gasteiger partial charge in [0.25, 0.3) is 0 Å². The molecule has 2 nitrogen and oxygen atoms in total. The third-order valence-corrected chi connectivity index (χ3v) is 4.52. The third-order valence-electron chi connectivity index (χ3n) is 3.88. The van der Waals surface area contributed by atoms with Crippen LogP contribution in [0.4, 0.5) is 5.69 Å². The number of halogens is 1. The predicted octanol–water partition coefficient (Wildman–Crippen LogP) is 4.13. The monoisotopic (exact) mass is 311 g/mol. The highest BCUT2D eigenvalue weighted by Gasteiger charge is 2.21. The second-order valence-corrected chi connectivity index (χ2v) is 6.08. The van der Waals surface area contributed by atoms with Crippen LogP contribution >= 0.6 is 15.9 Å². The first kappa shape index (κ1) is 13.9. The molecule has 0 saturated heterocycles. The minimum Gasteiger partial charge on any atom is -0.389 e. The Bertz CT molecular complexity index is 401. The van der Waals surface area contributed by atoms with E-state index >= 15 is 0 Å².